The molecule has 0 aromatic heterocycles. The maximum absolute atomic E-state index is 13.2. The van der Waals surface area contributed by atoms with Gasteiger partial charge in [0.2, 0.25) is 10.8 Å². The second-order valence-corrected chi connectivity index (χ2v) is 10.7. The Morgan fingerprint density at radius 1 is 1.21 bits per heavy atom. The Labute approximate surface area is 202 Å². The third kappa shape index (κ3) is 4.14. The van der Waals surface area contributed by atoms with Gasteiger partial charge in [-0.2, -0.15) is 0 Å². The van der Waals surface area contributed by atoms with E-state index in [1.807, 2.05) is 12.1 Å². The fourth-order valence-electron chi connectivity index (χ4n) is 4.89. The van der Waals surface area contributed by atoms with E-state index < -0.39 is 16.8 Å². The van der Waals surface area contributed by atoms with Crippen molar-refractivity contribution in [3.05, 3.63) is 40.9 Å². The van der Waals surface area contributed by atoms with E-state index in [2.05, 4.69) is 22.0 Å². The number of carbonyl (C=O) groups excluding carboxylic acids is 1. The van der Waals surface area contributed by atoms with Crippen molar-refractivity contribution in [3.8, 4) is 11.5 Å². The molecule has 1 unspecified atom stereocenters. The molecule has 1 amide bonds. The highest BCUT2D eigenvalue weighted by atomic mass is 35.5. The molecule has 5 rings (SSSR count). The summed E-state index contributed by atoms with van der Waals surface area (Å²) in [5, 5.41) is 3.59. The third-order valence-electron chi connectivity index (χ3n) is 6.99. The molecule has 2 N–H and O–H groups in total. The van der Waals surface area contributed by atoms with Crippen molar-refractivity contribution >= 4 is 40.2 Å². The van der Waals surface area contributed by atoms with Crippen LogP contribution in [0.3, 0.4) is 0 Å². The van der Waals surface area contributed by atoms with E-state index in [9.17, 15) is 9.35 Å². The zero-order valence-corrected chi connectivity index (χ0v) is 20.4. The number of halogens is 1. The van der Waals surface area contributed by atoms with Crippen LogP contribution in [0.1, 0.15) is 37.7 Å². The number of carbonyl (C=O) groups is 1. The normalized spacial score (nSPS) is 20.7. The lowest BCUT2D eigenvalue weighted by Crippen LogP contribution is -2.40. The summed E-state index contributed by atoms with van der Waals surface area (Å²) in [6, 6.07) is 8.79. The molecule has 0 radical (unpaired) electrons. The molecule has 3 aliphatic rings. The molecule has 1 spiro atoms. The molecule has 2 heterocycles. The second-order valence-electron chi connectivity index (χ2n) is 9.07. The van der Waals surface area contributed by atoms with Gasteiger partial charge in [-0.25, -0.2) is 4.72 Å². The fourth-order valence-corrected chi connectivity index (χ4v) is 6.02. The zero-order chi connectivity index (χ0) is 23.2. The van der Waals surface area contributed by atoms with Gasteiger partial charge in [-0.05, 0) is 50.4 Å². The number of piperidine rings is 1. The van der Waals surface area contributed by atoms with E-state index in [0.29, 0.717) is 27.1 Å². The topological polar surface area (TPSA) is 85.9 Å². The van der Waals surface area contributed by atoms with E-state index >= 15 is 0 Å². The van der Waals surface area contributed by atoms with Gasteiger partial charge in [0.1, 0.15) is 23.2 Å². The van der Waals surface area contributed by atoms with Crippen LogP contribution in [0.25, 0.3) is 0 Å². The van der Waals surface area contributed by atoms with Crippen molar-refractivity contribution in [2.45, 2.75) is 48.5 Å². The van der Waals surface area contributed by atoms with Gasteiger partial charge in [0.05, 0.1) is 23.9 Å². The molecular formula is C24H28ClN3O4S. The number of amides is 1. The van der Waals surface area contributed by atoms with Gasteiger partial charge in [-0.3, -0.25) is 4.79 Å². The van der Waals surface area contributed by atoms with Crippen LogP contribution in [-0.4, -0.2) is 48.7 Å². The Hall–Kier alpha value is -2.13. The molecule has 1 saturated heterocycles. The fraction of sp³-hybridized carbons (Fsp3) is 0.458. The van der Waals surface area contributed by atoms with Crippen molar-refractivity contribution in [2.75, 3.05) is 37.3 Å². The van der Waals surface area contributed by atoms with Crippen LogP contribution in [0.15, 0.2) is 35.2 Å². The average molecular weight is 490 g/mol. The van der Waals surface area contributed by atoms with Crippen molar-refractivity contribution < 1.29 is 18.8 Å². The molecule has 1 aliphatic carbocycles. The van der Waals surface area contributed by atoms with Gasteiger partial charge < -0.3 is 24.2 Å². The Morgan fingerprint density at radius 3 is 2.64 bits per heavy atom. The number of nitrogens with one attached hydrogen (secondary N) is 2. The van der Waals surface area contributed by atoms with Crippen LogP contribution in [0, 0.1) is 0 Å². The Kier molecular flexibility index (Phi) is 6.11. The number of fused-ring (bicyclic) bond motifs is 2. The van der Waals surface area contributed by atoms with Gasteiger partial charge in [-0.1, -0.05) is 18.0 Å². The highest BCUT2D eigenvalue weighted by Crippen LogP contribution is 2.54. The molecule has 2 aromatic carbocycles. The van der Waals surface area contributed by atoms with E-state index in [1.165, 1.54) is 7.11 Å². The molecule has 176 valence electrons. The predicted molar refractivity (Wildman–Crippen MR) is 130 cm³/mol. The molecule has 9 heteroatoms. The lowest BCUT2D eigenvalue weighted by molar-refractivity contribution is -0.123. The molecule has 1 atom stereocenters. The average Bonchev–Trinajstić information content (AvgIpc) is 3.07. The molecule has 2 aromatic rings. The summed E-state index contributed by atoms with van der Waals surface area (Å²) in [5.74, 6) is 1.13. The van der Waals surface area contributed by atoms with Crippen LogP contribution in [0.5, 0.6) is 11.5 Å². The van der Waals surface area contributed by atoms with Crippen molar-refractivity contribution in [1.82, 2.24) is 4.90 Å². The first kappa shape index (κ1) is 22.7. The van der Waals surface area contributed by atoms with E-state index in [4.69, 9.17) is 21.1 Å². The third-order valence-corrected chi connectivity index (χ3v) is 8.39. The molecule has 7 nitrogen and oxygen atoms in total. The highest BCUT2D eigenvalue weighted by molar-refractivity contribution is 7.92. The van der Waals surface area contributed by atoms with Crippen molar-refractivity contribution in [2.24, 2.45) is 0 Å². The Balaban J connectivity index is 1.47. The number of ether oxygens (including phenoxy) is 2. The van der Waals surface area contributed by atoms with Crippen LogP contribution >= 0.6 is 11.6 Å². The van der Waals surface area contributed by atoms with E-state index in [-0.39, 0.29) is 12.0 Å². The second kappa shape index (κ2) is 8.91. The van der Waals surface area contributed by atoms with Crippen molar-refractivity contribution in [1.29, 1.82) is 0 Å². The lowest BCUT2D eigenvalue weighted by atomic mass is 9.65. The van der Waals surface area contributed by atoms with Gasteiger partial charge >= 0.3 is 0 Å². The highest BCUT2D eigenvalue weighted by Gasteiger charge is 2.52. The first-order valence-electron chi connectivity index (χ1n) is 11.3. The lowest BCUT2D eigenvalue weighted by Gasteiger charge is -2.36. The zero-order valence-electron chi connectivity index (χ0n) is 18.8. The van der Waals surface area contributed by atoms with Gasteiger partial charge in [0.15, 0.2) is 5.75 Å². The standard InChI is InChI=1S/C24H28ClN3O4S/c1-28-10-6-17(7-11-28)32-20-14-16(13-18-22(20)26-23(29)24(18)8-3-9-24)27-33(30)21-5-4-15(25)12-19(21)31-2/h4-5,12-14,17,27H,3,6-11H2,1-2H3,(H,26,29). The summed E-state index contributed by atoms with van der Waals surface area (Å²) in [4.78, 5) is 15.7. The summed E-state index contributed by atoms with van der Waals surface area (Å²) in [5.41, 5.74) is 1.85. The summed E-state index contributed by atoms with van der Waals surface area (Å²) in [7, 11) is 3.63. The first-order valence-corrected chi connectivity index (χ1v) is 12.8. The number of nitrogens with zero attached hydrogens (tertiary/aromatic N) is 1. The maximum atomic E-state index is 13.2. The number of hydrogen-bond donors (Lipinski definition) is 2. The van der Waals surface area contributed by atoms with Gasteiger partial charge in [0.25, 0.3) is 0 Å². The molecule has 33 heavy (non-hydrogen) atoms. The van der Waals surface area contributed by atoms with Crippen LogP contribution in [0.4, 0.5) is 11.4 Å². The summed E-state index contributed by atoms with van der Waals surface area (Å²) in [6.07, 6.45) is 4.58. The number of hydrogen-bond acceptors (Lipinski definition) is 6. The molecular weight excluding hydrogens is 462 g/mol. The smallest absolute Gasteiger partial charge is 0.235 e. The summed E-state index contributed by atoms with van der Waals surface area (Å²) in [6.45, 7) is 1.95. The summed E-state index contributed by atoms with van der Waals surface area (Å²) >= 11 is 4.47. The minimum atomic E-state index is -1.59. The number of rotatable bonds is 6. The number of anilines is 2. The predicted octanol–water partition coefficient (Wildman–Crippen LogP) is 4.33. The molecule has 1 saturated carbocycles. The maximum Gasteiger partial charge on any atom is 0.235 e. The molecule has 0 bridgehead atoms. The van der Waals surface area contributed by atoms with Crippen LogP contribution in [0.2, 0.25) is 5.02 Å². The van der Waals surface area contributed by atoms with Gasteiger partial charge in [-0.15, -0.1) is 0 Å². The van der Waals surface area contributed by atoms with E-state index in [0.717, 1.165) is 56.4 Å². The number of benzene rings is 2. The minimum Gasteiger partial charge on any atom is -0.588 e. The quantitative estimate of drug-likeness (QED) is 0.587. The SMILES string of the molecule is COc1cc(Cl)ccc1[S+]([O-])Nc1cc(OC2CCN(C)CC2)c2c(c1)C1(CCC1)C(=O)N2. The van der Waals surface area contributed by atoms with Crippen LogP contribution in [-0.2, 0) is 21.6 Å². The van der Waals surface area contributed by atoms with Crippen LogP contribution < -0.4 is 19.5 Å². The molecule has 2 aliphatic heterocycles. The van der Waals surface area contributed by atoms with Gasteiger partial charge in [0, 0.05) is 36.3 Å². The minimum absolute atomic E-state index is 0.0367. The summed E-state index contributed by atoms with van der Waals surface area (Å²) < 4.78 is 28.1. The monoisotopic (exact) mass is 489 g/mol. The molecule has 2 fully saturated rings. The first-order chi connectivity index (χ1) is 15.9. The van der Waals surface area contributed by atoms with E-state index in [1.54, 1.807) is 18.2 Å². The largest absolute Gasteiger partial charge is 0.588 e. The number of methoxy groups -OCH3 is 1. The van der Waals surface area contributed by atoms with Crippen molar-refractivity contribution in [3.63, 3.8) is 0 Å². The Morgan fingerprint density at radius 2 is 1.97 bits per heavy atom. The Bertz CT molecular complexity index is 1070. The number of likely N-dealkylation sites (tertiary alicyclic amines) is 1.